The number of rotatable bonds is 15. The lowest BCUT2D eigenvalue weighted by molar-refractivity contribution is -0.123. The topological polar surface area (TPSA) is 76.7 Å². The maximum atomic E-state index is 11.4. The molecule has 0 unspecified atom stereocenters. The fourth-order valence-electron chi connectivity index (χ4n) is 1.88. The molecule has 0 radical (unpaired) electrons. The zero-order chi connectivity index (χ0) is 17.3. The molecule has 0 fully saturated rings. The van der Waals surface area contributed by atoms with Crippen molar-refractivity contribution in [3.63, 3.8) is 0 Å². The van der Waals surface area contributed by atoms with E-state index in [0.717, 1.165) is 38.8 Å². The molecule has 0 aliphatic rings. The van der Waals surface area contributed by atoms with Gasteiger partial charge in [-0.05, 0) is 39.5 Å². The Balaban J connectivity index is 3.13. The Hall–Kier alpha value is -1.14. The van der Waals surface area contributed by atoms with E-state index in [1.54, 1.807) is 0 Å². The van der Waals surface area contributed by atoms with Gasteiger partial charge in [0.25, 0.3) is 0 Å². The first-order chi connectivity index (χ1) is 11.1. The number of carbonyl (C=O) groups excluding carboxylic acids is 2. The van der Waals surface area contributed by atoms with Gasteiger partial charge in [-0.2, -0.15) is 0 Å². The second-order valence-electron chi connectivity index (χ2n) is 5.81. The van der Waals surface area contributed by atoms with Gasteiger partial charge in [0.05, 0.1) is 6.61 Å². The minimum Gasteiger partial charge on any atom is -0.381 e. The largest absolute Gasteiger partial charge is 0.381 e. The normalized spacial score (nSPS) is 10.8. The Morgan fingerprint density at radius 2 is 1.52 bits per heavy atom. The molecule has 0 bridgehead atoms. The average Bonchev–Trinajstić information content (AvgIpc) is 2.50. The van der Waals surface area contributed by atoms with Crippen LogP contribution in [0.15, 0.2) is 0 Å². The molecule has 0 heterocycles. The molecule has 2 N–H and O–H groups in total. The van der Waals surface area contributed by atoms with E-state index in [4.69, 9.17) is 9.47 Å². The molecule has 0 saturated carbocycles. The van der Waals surface area contributed by atoms with Crippen molar-refractivity contribution in [1.29, 1.82) is 0 Å². The smallest absolute Gasteiger partial charge is 0.222 e. The van der Waals surface area contributed by atoms with E-state index in [0.29, 0.717) is 32.7 Å². The van der Waals surface area contributed by atoms with Crippen molar-refractivity contribution in [2.24, 2.45) is 0 Å². The zero-order valence-corrected chi connectivity index (χ0v) is 15.0. The highest BCUT2D eigenvalue weighted by Crippen LogP contribution is 1.96. The summed E-state index contributed by atoms with van der Waals surface area (Å²) in [6.45, 7) is 9.01. The monoisotopic (exact) mass is 330 g/mol. The first kappa shape index (κ1) is 21.9. The molecule has 0 spiro atoms. The van der Waals surface area contributed by atoms with Gasteiger partial charge in [0.1, 0.15) is 0 Å². The predicted molar refractivity (Wildman–Crippen MR) is 91.3 cm³/mol. The molecule has 136 valence electrons. The van der Waals surface area contributed by atoms with Crippen LogP contribution in [0.3, 0.4) is 0 Å². The summed E-state index contributed by atoms with van der Waals surface area (Å²) in [5.41, 5.74) is 0. The van der Waals surface area contributed by atoms with Crippen molar-refractivity contribution in [2.75, 3.05) is 33.0 Å². The molecule has 0 saturated heterocycles. The minimum absolute atomic E-state index is 0.0337. The number of unbranched alkanes of at least 4 members (excludes halogenated alkanes) is 2. The number of carbonyl (C=O) groups is 2. The number of nitrogens with one attached hydrogen (secondary N) is 2. The summed E-state index contributed by atoms with van der Waals surface area (Å²) < 4.78 is 10.9. The third-order valence-corrected chi connectivity index (χ3v) is 3.11. The zero-order valence-electron chi connectivity index (χ0n) is 15.0. The van der Waals surface area contributed by atoms with Gasteiger partial charge in [0, 0.05) is 45.2 Å². The second-order valence-corrected chi connectivity index (χ2v) is 5.81. The molecule has 0 atom stereocenters. The highest BCUT2D eigenvalue weighted by atomic mass is 16.5. The van der Waals surface area contributed by atoms with E-state index >= 15 is 0 Å². The van der Waals surface area contributed by atoms with Crippen LogP contribution in [0, 0.1) is 0 Å². The van der Waals surface area contributed by atoms with Gasteiger partial charge < -0.3 is 20.1 Å². The Morgan fingerprint density at radius 1 is 0.870 bits per heavy atom. The van der Waals surface area contributed by atoms with Crippen molar-refractivity contribution < 1.29 is 19.1 Å². The average molecular weight is 330 g/mol. The van der Waals surface area contributed by atoms with E-state index in [2.05, 4.69) is 10.6 Å². The summed E-state index contributed by atoms with van der Waals surface area (Å²) in [5, 5.41) is 5.68. The lowest BCUT2D eigenvalue weighted by Gasteiger charge is -2.08. The van der Waals surface area contributed by atoms with Gasteiger partial charge in [-0.1, -0.05) is 6.92 Å². The highest BCUT2D eigenvalue weighted by Gasteiger charge is 2.02. The Labute approximate surface area is 140 Å². The van der Waals surface area contributed by atoms with E-state index in [1.807, 2.05) is 20.8 Å². The summed E-state index contributed by atoms with van der Waals surface area (Å²) in [6.07, 6.45) is 4.87. The van der Waals surface area contributed by atoms with Crippen molar-refractivity contribution in [3.05, 3.63) is 0 Å². The molecule has 0 aliphatic carbocycles. The third-order valence-electron chi connectivity index (χ3n) is 3.11. The van der Waals surface area contributed by atoms with Crippen molar-refractivity contribution in [1.82, 2.24) is 10.6 Å². The molecular weight excluding hydrogens is 296 g/mol. The molecule has 0 rings (SSSR count). The number of hydrogen-bond donors (Lipinski definition) is 2. The molecular formula is C17H34N2O4. The van der Waals surface area contributed by atoms with Crippen LogP contribution in [0.2, 0.25) is 0 Å². The van der Waals surface area contributed by atoms with Crippen molar-refractivity contribution in [2.45, 2.75) is 65.3 Å². The van der Waals surface area contributed by atoms with Crippen molar-refractivity contribution >= 4 is 11.8 Å². The molecule has 2 amide bonds. The summed E-state index contributed by atoms with van der Waals surface area (Å²) >= 11 is 0. The van der Waals surface area contributed by atoms with Crippen LogP contribution in [-0.2, 0) is 19.1 Å². The first-order valence-corrected chi connectivity index (χ1v) is 8.77. The quantitative estimate of drug-likeness (QED) is 0.450. The Bertz CT molecular complexity index is 309. The molecule has 0 aromatic rings. The standard InChI is InChI=1S/C17H34N2O4/c1-4-16(20)18-10-6-5-7-11-22-12-8-13-23-14-9-17(21)19-15(2)3/h15H,4-14H2,1-3H3,(H,18,20)(H,19,21). The molecule has 23 heavy (non-hydrogen) atoms. The second kappa shape index (κ2) is 15.7. The van der Waals surface area contributed by atoms with E-state index in [-0.39, 0.29) is 17.9 Å². The van der Waals surface area contributed by atoms with Gasteiger partial charge in [-0.3, -0.25) is 9.59 Å². The van der Waals surface area contributed by atoms with E-state index in [1.165, 1.54) is 0 Å². The number of hydrogen-bond acceptors (Lipinski definition) is 4. The van der Waals surface area contributed by atoms with Gasteiger partial charge in [-0.15, -0.1) is 0 Å². The summed E-state index contributed by atoms with van der Waals surface area (Å²) in [5.74, 6) is 0.148. The van der Waals surface area contributed by atoms with Crippen LogP contribution < -0.4 is 10.6 Å². The van der Waals surface area contributed by atoms with Crippen molar-refractivity contribution in [3.8, 4) is 0 Å². The van der Waals surface area contributed by atoms with Gasteiger partial charge in [-0.25, -0.2) is 0 Å². The SMILES string of the molecule is CCC(=O)NCCCCCOCCCOCCC(=O)NC(C)C. The highest BCUT2D eigenvalue weighted by molar-refractivity contribution is 5.76. The third kappa shape index (κ3) is 17.1. The van der Waals surface area contributed by atoms with Crippen LogP contribution >= 0.6 is 0 Å². The summed E-state index contributed by atoms with van der Waals surface area (Å²) in [6, 6.07) is 0.179. The fourth-order valence-corrected chi connectivity index (χ4v) is 1.88. The van der Waals surface area contributed by atoms with Gasteiger partial charge in [0.2, 0.25) is 11.8 Å². The van der Waals surface area contributed by atoms with Crippen LogP contribution in [0.1, 0.15) is 59.3 Å². The lowest BCUT2D eigenvalue weighted by atomic mass is 10.2. The van der Waals surface area contributed by atoms with E-state index < -0.39 is 0 Å². The first-order valence-electron chi connectivity index (χ1n) is 8.77. The van der Waals surface area contributed by atoms with Crippen LogP contribution in [0.25, 0.3) is 0 Å². The summed E-state index contributed by atoms with van der Waals surface area (Å²) in [4.78, 5) is 22.4. The minimum atomic E-state index is 0.0337. The number of amides is 2. The van der Waals surface area contributed by atoms with Gasteiger partial charge >= 0.3 is 0 Å². The summed E-state index contributed by atoms with van der Waals surface area (Å²) in [7, 11) is 0. The Morgan fingerprint density at radius 3 is 2.17 bits per heavy atom. The fraction of sp³-hybridized carbons (Fsp3) is 0.882. The molecule has 0 aromatic carbocycles. The van der Waals surface area contributed by atoms with Crippen LogP contribution in [0.4, 0.5) is 0 Å². The molecule has 0 aliphatic heterocycles. The molecule has 6 heteroatoms. The van der Waals surface area contributed by atoms with E-state index in [9.17, 15) is 9.59 Å². The van der Waals surface area contributed by atoms with Gasteiger partial charge in [0.15, 0.2) is 0 Å². The maximum absolute atomic E-state index is 11.4. The lowest BCUT2D eigenvalue weighted by Crippen LogP contribution is -2.30. The Kier molecular flexibility index (Phi) is 15.0. The molecule has 0 aromatic heterocycles. The van der Waals surface area contributed by atoms with Crippen LogP contribution in [-0.4, -0.2) is 50.8 Å². The maximum Gasteiger partial charge on any atom is 0.222 e. The van der Waals surface area contributed by atoms with Crippen LogP contribution in [0.5, 0.6) is 0 Å². The predicted octanol–water partition coefficient (Wildman–Crippen LogP) is 2.02. The molecule has 6 nitrogen and oxygen atoms in total. The number of ether oxygens (including phenoxy) is 2.